The van der Waals surface area contributed by atoms with Crippen LogP contribution in [0.25, 0.3) is 0 Å². The Balaban J connectivity index is 1.81. The third kappa shape index (κ3) is 6.32. The molecule has 1 aliphatic rings. The predicted molar refractivity (Wildman–Crippen MR) is 101 cm³/mol. The molecule has 0 saturated heterocycles. The van der Waals surface area contributed by atoms with Gasteiger partial charge in [0.05, 0.1) is 4.90 Å². The van der Waals surface area contributed by atoms with Gasteiger partial charge in [-0.3, -0.25) is 9.59 Å². The molecule has 0 radical (unpaired) electrons. The number of hydrogen-bond donors (Lipinski definition) is 2. The molecule has 1 aliphatic carbocycles. The van der Waals surface area contributed by atoms with Crippen molar-refractivity contribution >= 4 is 21.9 Å². The average molecular weight is 397 g/mol. The summed E-state index contributed by atoms with van der Waals surface area (Å²) < 4.78 is 31.6. The molecule has 0 bridgehead atoms. The van der Waals surface area contributed by atoms with Crippen LogP contribution in [0.2, 0.25) is 0 Å². The Morgan fingerprint density at radius 2 is 1.81 bits per heavy atom. The molecule has 0 unspecified atom stereocenters. The number of carbonyl (C=O) groups is 2. The summed E-state index contributed by atoms with van der Waals surface area (Å²) in [5.41, 5.74) is 0.931. The maximum absolute atomic E-state index is 12.2. The number of benzene rings is 1. The molecule has 3 atom stereocenters. The van der Waals surface area contributed by atoms with Crippen LogP contribution in [0.5, 0.6) is 0 Å². The van der Waals surface area contributed by atoms with Gasteiger partial charge in [-0.15, -0.1) is 0 Å². The summed E-state index contributed by atoms with van der Waals surface area (Å²) >= 11 is 0. The van der Waals surface area contributed by atoms with Crippen LogP contribution in [0.4, 0.5) is 0 Å². The van der Waals surface area contributed by atoms with Crippen molar-refractivity contribution in [3.05, 3.63) is 29.8 Å². The Morgan fingerprint density at radius 1 is 1.19 bits per heavy atom. The SMILES string of the molecule is Cc1ccc(S(=O)(=O)NCC(=O)O[C@H](C)C(=O)N[C@H]2CCCC[C@H]2C)cc1. The van der Waals surface area contributed by atoms with E-state index in [-0.39, 0.29) is 16.8 Å². The van der Waals surface area contributed by atoms with E-state index in [1.165, 1.54) is 25.5 Å². The van der Waals surface area contributed by atoms with E-state index in [1.807, 2.05) is 6.92 Å². The van der Waals surface area contributed by atoms with Crippen molar-refractivity contribution in [3.8, 4) is 0 Å². The Morgan fingerprint density at radius 3 is 2.44 bits per heavy atom. The quantitative estimate of drug-likeness (QED) is 0.686. The molecule has 7 nitrogen and oxygen atoms in total. The number of aryl methyl sites for hydroxylation is 1. The third-order valence-electron chi connectivity index (χ3n) is 4.85. The second-order valence-electron chi connectivity index (χ2n) is 7.15. The molecular formula is C19H28N2O5S. The van der Waals surface area contributed by atoms with Crippen LogP contribution in [0.3, 0.4) is 0 Å². The number of rotatable bonds is 7. The van der Waals surface area contributed by atoms with Crippen molar-refractivity contribution in [2.24, 2.45) is 5.92 Å². The van der Waals surface area contributed by atoms with Crippen molar-refractivity contribution in [1.29, 1.82) is 0 Å². The molecule has 150 valence electrons. The zero-order valence-electron chi connectivity index (χ0n) is 16.0. The standard InChI is InChI=1S/C19H28N2O5S/c1-13-8-10-16(11-9-13)27(24,25)20-12-18(22)26-15(3)19(23)21-17-7-5-4-6-14(17)2/h8-11,14-15,17,20H,4-7,12H2,1-3H3,(H,21,23)/t14-,15-,17+/m1/s1. The first-order valence-electron chi connectivity index (χ1n) is 9.25. The van der Waals surface area contributed by atoms with E-state index in [0.717, 1.165) is 24.8 Å². The maximum atomic E-state index is 12.2. The van der Waals surface area contributed by atoms with E-state index in [9.17, 15) is 18.0 Å². The zero-order chi connectivity index (χ0) is 20.0. The van der Waals surface area contributed by atoms with Crippen molar-refractivity contribution < 1.29 is 22.7 Å². The van der Waals surface area contributed by atoms with Gasteiger partial charge in [-0.25, -0.2) is 8.42 Å². The van der Waals surface area contributed by atoms with Crippen LogP contribution in [-0.4, -0.2) is 39.0 Å². The monoisotopic (exact) mass is 396 g/mol. The molecule has 0 heterocycles. The minimum absolute atomic E-state index is 0.0676. The van der Waals surface area contributed by atoms with Gasteiger partial charge in [0, 0.05) is 6.04 Å². The smallest absolute Gasteiger partial charge is 0.321 e. The lowest BCUT2D eigenvalue weighted by molar-refractivity contribution is -0.154. The van der Waals surface area contributed by atoms with Gasteiger partial charge in [0.2, 0.25) is 10.0 Å². The van der Waals surface area contributed by atoms with E-state index < -0.39 is 28.6 Å². The molecule has 8 heteroatoms. The third-order valence-corrected chi connectivity index (χ3v) is 6.27. The lowest BCUT2D eigenvalue weighted by atomic mass is 9.86. The van der Waals surface area contributed by atoms with Gasteiger partial charge >= 0.3 is 5.97 Å². The van der Waals surface area contributed by atoms with Crippen LogP contribution >= 0.6 is 0 Å². The van der Waals surface area contributed by atoms with Gasteiger partial charge in [-0.1, -0.05) is 37.5 Å². The van der Waals surface area contributed by atoms with Gasteiger partial charge in [-0.2, -0.15) is 4.72 Å². The fraction of sp³-hybridized carbons (Fsp3) is 0.579. The minimum atomic E-state index is -3.81. The summed E-state index contributed by atoms with van der Waals surface area (Å²) in [5.74, 6) is -0.763. The number of carbonyl (C=O) groups excluding carboxylic acids is 2. The van der Waals surface area contributed by atoms with Crippen LogP contribution < -0.4 is 10.0 Å². The van der Waals surface area contributed by atoms with Gasteiger partial charge in [-0.05, 0) is 44.7 Å². The molecule has 27 heavy (non-hydrogen) atoms. The Hall–Kier alpha value is -1.93. The molecular weight excluding hydrogens is 368 g/mol. The van der Waals surface area contributed by atoms with Gasteiger partial charge < -0.3 is 10.1 Å². The van der Waals surface area contributed by atoms with Gasteiger partial charge in [0.1, 0.15) is 6.54 Å². The number of ether oxygens (including phenoxy) is 1. The summed E-state index contributed by atoms with van der Waals surface area (Å²) in [4.78, 5) is 24.2. The van der Waals surface area contributed by atoms with E-state index in [4.69, 9.17) is 4.74 Å². The highest BCUT2D eigenvalue weighted by Crippen LogP contribution is 2.23. The van der Waals surface area contributed by atoms with E-state index in [1.54, 1.807) is 12.1 Å². The minimum Gasteiger partial charge on any atom is -0.452 e. The summed E-state index contributed by atoms with van der Waals surface area (Å²) in [7, 11) is -3.81. The van der Waals surface area contributed by atoms with E-state index in [2.05, 4.69) is 17.0 Å². The fourth-order valence-corrected chi connectivity index (χ4v) is 4.05. The predicted octanol–water partition coefficient (Wildman–Crippen LogP) is 1.90. The van der Waals surface area contributed by atoms with E-state index >= 15 is 0 Å². The molecule has 0 spiro atoms. The second kappa shape index (κ2) is 9.32. The first-order valence-corrected chi connectivity index (χ1v) is 10.7. The largest absolute Gasteiger partial charge is 0.452 e. The summed E-state index contributed by atoms with van der Waals surface area (Å²) in [5, 5.41) is 2.92. The van der Waals surface area contributed by atoms with Crippen molar-refractivity contribution in [2.45, 2.75) is 63.5 Å². The molecule has 0 aliphatic heterocycles. The summed E-state index contributed by atoms with van der Waals surface area (Å²) in [6, 6.07) is 6.36. The van der Waals surface area contributed by atoms with Crippen LogP contribution in [0, 0.1) is 12.8 Å². The van der Waals surface area contributed by atoms with E-state index in [0.29, 0.717) is 5.92 Å². The number of nitrogens with one attached hydrogen (secondary N) is 2. The number of esters is 1. The average Bonchev–Trinajstić information content (AvgIpc) is 2.62. The van der Waals surface area contributed by atoms with Crippen LogP contribution in [0.15, 0.2) is 29.2 Å². The first-order chi connectivity index (χ1) is 12.7. The van der Waals surface area contributed by atoms with Gasteiger partial charge in [0.25, 0.3) is 5.91 Å². The molecule has 1 saturated carbocycles. The number of amides is 1. The normalized spacial score (nSPS) is 21.3. The molecule has 1 fully saturated rings. The van der Waals surface area contributed by atoms with Crippen molar-refractivity contribution in [2.75, 3.05) is 6.54 Å². The Labute approximate surface area is 160 Å². The second-order valence-corrected chi connectivity index (χ2v) is 8.91. The zero-order valence-corrected chi connectivity index (χ0v) is 16.8. The highest BCUT2D eigenvalue weighted by molar-refractivity contribution is 7.89. The molecule has 2 rings (SSSR count). The molecule has 1 amide bonds. The molecule has 1 aromatic rings. The Kier molecular flexibility index (Phi) is 7.38. The fourth-order valence-electron chi connectivity index (χ4n) is 3.08. The first kappa shape index (κ1) is 21.4. The lowest BCUT2D eigenvalue weighted by Gasteiger charge is -2.30. The molecule has 0 aromatic heterocycles. The van der Waals surface area contributed by atoms with Gasteiger partial charge in [0.15, 0.2) is 6.10 Å². The number of sulfonamides is 1. The molecule has 2 N–H and O–H groups in total. The number of hydrogen-bond acceptors (Lipinski definition) is 5. The molecule has 1 aromatic carbocycles. The topological polar surface area (TPSA) is 102 Å². The maximum Gasteiger partial charge on any atom is 0.321 e. The summed E-state index contributed by atoms with van der Waals surface area (Å²) in [6.45, 7) is 4.89. The lowest BCUT2D eigenvalue weighted by Crippen LogP contribution is -2.46. The highest BCUT2D eigenvalue weighted by Gasteiger charge is 2.26. The van der Waals surface area contributed by atoms with Crippen molar-refractivity contribution in [3.63, 3.8) is 0 Å². The Bertz CT molecular complexity index is 761. The highest BCUT2D eigenvalue weighted by atomic mass is 32.2. The van der Waals surface area contributed by atoms with Crippen LogP contribution in [0.1, 0.15) is 45.1 Å². The summed E-state index contributed by atoms with van der Waals surface area (Å²) in [6.07, 6.45) is 3.25. The van der Waals surface area contributed by atoms with Crippen molar-refractivity contribution in [1.82, 2.24) is 10.0 Å². The van der Waals surface area contributed by atoms with Crippen LogP contribution in [-0.2, 0) is 24.3 Å².